The van der Waals surface area contributed by atoms with Crippen molar-refractivity contribution in [2.45, 2.75) is 25.0 Å². The number of hydrogen-bond donors (Lipinski definition) is 1. The Labute approximate surface area is 105 Å². The van der Waals surface area contributed by atoms with E-state index in [0.29, 0.717) is 11.1 Å². The predicted octanol–water partition coefficient (Wildman–Crippen LogP) is 2.20. The Bertz CT molecular complexity index is 337. The molecule has 0 spiro atoms. The minimum absolute atomic E-state index is 0.258. The van der Waals surface area contributed by atoms with Crippen LogP contribution in [0, 0.1) is 12.3 Å². The number of thiol groups is 1. The Balaban J connectivity index is 1.91. The molecule has 0 aromatic carbocycles. The molecule has 2 heterocycles. The maximum Gasteiger partial charge on any atom is 0.276 e. The fraction of sp³-hybridized carbons (Fsp3) is 0.800. The second kappa shape index (κ2) is 5.42. The monoisotopic (exact) mass is 260 g/mol. The van der Waals surface area contributed by atoms with Gasteiger partial charge in [0.15, 0.2) is 0 Å². The summed E-state index contributed by atoms with van der Waals surface area (Å²) in [5.74, 6) is 2.48. The number of ether oxygens (including phenoxy) is 1. The van der Waals surface area contributed by atoms with Gasteiger partial charge in [-0.2, -0.15) is 12.6 Å². The molecule has 6 heteroatoms. The first-order chi connectivity index (χ1) is 7.74. The normalized spacial score (nSPS) is 19.9. The number of aromatic nitrogens is 2. The van der Waals surface area contributed by atoms with Crippen molar-refractivity contribution in [2.75, 3.05) is 24.7 Å². The summed E-state index contributed by atoms with van der Waals surface area (Å²) in [7, 11) is 0. The van der Waals surface area contributed by atoms with E-state index in [1.54, 1.807) is 18.7 Å². The third-order valence-electron chi connectivity index (χ3n) is 2.90. The summed E-state index contributed by atoms with van der Waals surface area (Å²) in [6.07, 6.45) is 2.13. The fourth-order valence-electron chi connectivity index (χ4n) is 1.70. The lowest BCUT2D eigenvalue weighted by Gasteiger charge is -2.35. The van der Waals surface area contributed by atoms with Crippen LogP contribution in [0.1, 0.15) is 18.7 Å². The first kappa shape index (κ1) is 12.3. The van der Waals surface area contributed by atoms with Crippen molar-refractivity contribution in [1.29, 1.82) is 0 Å². The van der Waals surface area contributed by atoms with Crippen LogP contribution in [0.2, 0.25) is 0 Å². The van der Waals surface area contributed by atoms with Crippen LogP contribution in [0.3, 0.4) is 0 Å². The Hall–Kier alpha value is -0.200. The summed E-state index contributed by atoms with van der Waals surface area (Å²) in [5, 5.41) is 8.46. The van der Waals surface area contributed by atoms with E-state index in [9.17, 15) is 0 Å². The number of aryl methyl sites for hydroxylation is 1. The van der Waals surface area contributed by atoms with Gasteiger partial charge in [-0.1, -0.05) is 11.8 Å². The zero-order chi connectivity index (χ0) is 11.4. The maximum absolute atomic E-state index is 5.39. The average Bonchev–Trinajstić information content (AvgIpc) is 2.74. The van der Waals surface area contributed by atoms with Gasteiger partial charge < -0.3 is 9.15 Å². The molecule has 1 aliphatic heterocycles. The van der Waals surface area contributed by atoms with E-state index >= 15 is 0 Å². The minimum Gasteiger partial charge on any atom is -0.416 e. The lowest BCUT2D eigenvalue weighted by molar-refractivity contribution is 0.0370. The lowest BCUT2D eigenvalue weighted by atomic mass is 9.84. The van der Waals surface area contributed by atoms with Crippen molar-refractivity contribution >= 4 is 24.4 Å². The van der Waals surface area contributed by atoms with Crippen LogP contribution in [0.15, 0.2) is 9.64 Å². The summed E-state index contributed by atoms with van der Waals surface area (Å²) < 4.78 is 10.7. The third-order valence-corrected chi connectivity index (χ3v) is 4.74. The van der Waals surface area contributed by atoms with Gasteiger partial charge in [0.05, 0.1) is 0 Å². The molecule has 0 amide bonds. The number of hydrogen-bond acceptors (Lipinski definition) is 6. The fourth-order valence-corrected chi connectivity index (χ4v) is 3.38. The lowest BCUT2D eigenvalue weighted by Crippen LogP contribution is -2.33. The van der Waals surface area contributed by atoms with E-state index in [4.69, 9.17) is 9.15 Å². The Kier molecular flexibility index (Phi) is 4.16. The zero-order valence-electron chi connectivity index (χ0n) is 9.31. The largest absolute Gasteiger partial charge is 0.416 e. The SMILES string of the molecule is Cc1nnc(SCC2(CS)CCOCC2)o1. The molecule has 0 unspecified atom stereocenters. The first-order valence-electron chi connectivity index (χ1n) is 5.36. The van der Waals surface area contributed by atoms with Crippen molar-refractivity contribution in [3.05, 3.63) is 5.89 Å². The molecule has 0 N–H and O–H groups in total. The Morgan fingerprint density at radius 3 is 2.69 bits per heavy atom. The van der Waals surface area contributed by atoms with Gasteiger partial charge >= 0.3 is 0 Å². The molecule has 0 saturated carbocycles. The van der Waals surface area contributed by atoms with Gasteiger partial charge in [0.25, 0.3) is 5.22 Å². The molecule has 2 rings (SSSR count). The van der Waals surface area contributed by atoms with Gasteiger partial charge in [-0.25, -0.2) is 0 Å². The van der Waals surface area contributed by atoms with Gasteiger partial charge in [-0.05, 0) is 24.0 Å². The highest BCUT2D eigenvalue weighted by atomic mass is 32.2. The number of rotatable bonds is 4. The highest BCUT2D eigenvalue weighted by Gasteiger charge is 2.31. The number of thioether (sulfide) groups is 1. The first-order valence-corrected chi connectivity index (χ1v) is 6.97. The van der Waals surface area contributed by atoms with Crippen molar-refractivity contribution in [3.63, 3.8) is 0 Å². The van der Waals surface area contributed by atoms with Gasteiger partial charge in [0.2, 0.25) is 5.89 Å². The summed E-state index contributed by atoms with van der Waals surface area (Å²) >= 11 is 6.09. The molecule has 1 aliphatic rings. The molecule has 0 radical (unpaired) electrons. The van der Waals surface area contributed by atoms with Crippen molar-refractivity contribution < 1.29 is 9.15 Å². The highest BCUT2D eigenvalue weighted by molar-refractivity contribution is 7.99. The van der Waals surface area contributed by atoms with Crippen molar-refractivity contribution in [2.24, 2.45) is 5.41 Å². The molecule has 0 atom stereocenters. The van der Waals surface area contributed by atoms with Gasteiger partial charge in [0.1, 0.15) is 0 Å². The predicted molar refractivity (Wildman–Crippen MR) is 66.1 cm³/mol. The van der Waals surface area contributed by atoms with Crippen LogP contribution in [0.4, 0.5) is 0 Å². The van der Waals surface area contributed by atoms with E-state index in [2.05, 4.69) is 22.8 Å². The summed E-state index contributed by atoms with van der Waals surface area (Å²) in [5.41, 5.74) is 0.258. The maximum atomic E-state index is 5.39. The van der Waals surface area contributed by atoms with E-state index in [-0.39, 0.29) is 5.41 Å². The zero-order valence-corrected chi connectivity index (χ0v) is 11.0. The topological polar surface area (TPSA) is 48.2 Å². The third kappa shape index (κ3) is 2.93. The highest BCUT2D eigenvalue weighted by Crippen LogP contribution is 2.37. The molecule has 4 nitrogen and oxygen atoms in total. The number of nitrogens with zero attached hydrogens (tertiary/aromatic N) is 2. The molecule has 90 valence electrons. The molecular weight excluding hydrogens is 244 g/mol. The van der Waals surface area contributed by atoms with Crippen LogP contribution in [0.5, 0.6) is 0 Å². The molecular formula is C10H16N2O2S2. The average molecular weight is 260 g/mol. The van der Waals surface area contributed by atoms with Crippen molar-refractivity contribution in [1.82, 2.24) is 10.2 Å². The standard InChI is InChI=1S/C10H16N2O2S2/c1-8-11-12-9(14-8)16-7-10(6-15)2-4-13-5-3-10/h15H,2-7H2,1H3. The van der Waals surface area contributed by atoms with Gasteiger partial charge in [0, 0.05) is 25.9 Å². The molecule has 1 aromatic heterocycles. The second-order valence-corrected chi connectivity index (χ2v) is 5.39. The quantitative estimate of drug-likeness (QED) is 0.664. The molecule has 1 saturated heterocycles. The van der Waals surface area contributed by atoms with Crippen molar-refractivity contribution in [3.8, 4) is 0 Å². The summed E-state index contributed by atoms with van der Waals surface area (Å²) in [6.45, 7) is 3.48. The van der Waals surface area contributed by atoms with Crippen LogP contribution >= 0.6 is 24.4 Å². The Morgan fingerprint density at radius 1 is 1.38 bits per heavy atom. The van der Waals surface area contributed by atoms with Crippen LogP contribution < -0.4 is 0 Å². The van der Waals surface area contributed by atoms with E-state index in [1.165, 1.54) is 0 Å². The Morgan fingerprint density at radius 2 is 2.12 bits per heavy atom. The molecule has 16 heavy (non-hydrogen) atoms. The van der Waals surface area contributed by atoms with Crippen LogP contribution in [-0.2, 0) is 4.74 Å². The van der Waals surface area contributed by atoms with Gasteiger partial charge in [-0.15, -0.1) is 10.2 Å². The van der Waals surface area contributed by atoms with E-state index in [1.807, 2.05) is 0 Å². The summed E-state index contributed by atoms with van der Waals surface area (Å²) in [4.78, 5) is 0. The van der Waals surface area contributed by atoms with Crippen LogP contribution in [0.25, 0.3) is 0 Å². The molecule has 1 fully saturated rings. The van der Waals surface area contributed by atoms with Crippen LogP contribution in [-0.4, -0.2) is 34.9 Å². The van der Waals surface area contributed by atoms with E-state index < -0.39 is 0 Å². The smallest absolute Gasteiger partial charge is 0.276 e. The van der Waals surface area contributed by atoms with E-state index in [0.717, 1.165) is 37.6 Å². The summed E-state index contributed by atoms with van der Waals surface area (Å²) in [6, 6.07) is 0. The molecule has 0 aliphatic carbocycles. The second-order valence-electron chi connectivity index (χ2n) is 4.15. The molecule has 1 aromatic rings. The minimum atomic E-state index is 0.258. The van der Waals surface area contributed by atoms with Gasteiger partial charge in [-0.3, -0.25) is 0 Å². The molecule has 0 bridgehead atoms.